The number of ether oxygens (including phenoxy) is 2. The van der Waals surface area contributed by atoms with E-state index in [4.69, 9.17) is 9.47 Å². The second-order valence-electron chi connectivity index (χ2n) is 7.78. The van der Waals surface area contributed by atoms with Crippen molar-refractivity contribution < 1.29 is 27.4 Å². The normalized spacial score (nSPS) is 11.4. The predicted octanol–water partition coefficient (Wildman–Crippen LogP) is 6.28. The van der Waals surface area contributed by atoms with E-state index >= 15 is 0 Å². The number of hydrogen-bond acceptors (Lipinski definition) is 5. The maximum Gasteiger partial charge on any atom is 0.416 e. The number of carbonyl (C=O) groups is 1. The Morgan fingerprint density at radius 2 is 1.72 bits per heavy atom. The van der Waals surface area contributed by atoms with Gasteiger partial charge in [0.1, 0.15) is 6.33 Å². The molecule has 0 radical (unpaired) electrons. The summed E-state index contributed by atoms with van der Waals surface area (Å²) in [6.45, 7) is 0.478. The summed E-state index contributed by atoms with van der Waals surface area (Å²) in [4.78, 5) is 21.2. The lowest BCUT2D eigenvalue weighted by atomic mass is 10.1. The third-order valence-electron chi connectivity index (χ3n) is 5.34. The first kappa shape index (κ1) is 25.4. The smallest absolute Gasteiger partial charge is 0.416 e. The lowest BCUT2D eigenvalue weighted by Crippen LogP contribution is -2.14. The van der Waals surface area contributed by atoms with Crippen molar-refractivity contribution >= 4 is 38.4 Å². The van der Waals surface area contributed by atoms with E-state index in [9.17, 15) is 18.0 Å². The Labute approximate surface area is 213 Å². The number of methoxy groups -OCH3 is 1. The summed E-state index contributed by atoms with van der Waals surface area (Å²) in [5, 5.41) is 4.22. The van der Waals surface area contributed by atoms with Gasteiger partial charge in [0.25, 0.3) is 0 Å². The first-order valence-electron chi connectivity index (χ1n) is 10.9. The number of anilines is 1. The molecule has 0 saturated heterocycles. The lowest BCUT2D eigenvalue weighted by Gasteiger charge is -2.13. The van der Waals surface area contributed by atoms with Gasteiger partial charge in [0.2, 0.25) is 5.91 Å². The van der Waals surface area contributed by atoms with Gasteiger partial charge in [-0.25, -0.2) is 9.97 Å². The summed E-state index contributed by atoms with van der Waals surface area (Å²) in [6, 6.07) is 15.3. The van der Waals surface area contributed by atoms with Crippen molar-refractivity contribution in [1.82, 2.24) is 9.97 Å². The molecule has 10 heteroatoms. The second-order valence-corrected chi connectivity index (χ2v) is 8.57. The largest absolute Gasteiger partial charge is 0.493 e. The summed E-state index contributed by atoms with van der Waals surface area (Å²) >= 11 is 3.34. The molecule has 0 fully saturated rings. The van der Waals surface area contributed by atoms with E-state index in [0.29, 0.717) is 45.9 Å². The van der Waals surface area contributed by atoms with E-state index in [2.05, 4.69) is 31.2 Å². The average molecular weight is 560 g/mol. The molecule has 0 aliphatic carbocycles. The molecule has 36 heavy (non-hydrogen) atoms. The van der Waals surface area contributed by atoms with Crippen molar-refractivity contribution in [1.29, 1.82) is 0 Å². The van der Waals surface area contributed by atoms with Crippen LogP contribution in [0.5, 0.6) is 11.5 Å². The van der Waals surface area contributed by atoms with Gasteiger partial charge in [0.15, 0.2) is 11.5 Å². The van der Waals surface area contributed by atoms with Crippen molar-refractivity contribution in [3.05, 3.63) is 78.1 Å². The van der Waals surface area contributed by atoms with Gasteiger partial charge in [0.05, 0.1) is 36.9 Å². The number of carbonyl (C=O) groups excluding carboxylic acids is 1. The van der Waals surface area contributed by atoms with Crippen LogP contribution >= 0.6 is 15.9 Å². The van der Waals surface area contributed by atoms with Gasteiger partial charge in [-0.15, -0.1) is 0 Å². The van der Waals surface area contributed by atoms with E-state index < -0.39 is 11.7 Å². The molecule has 0 aliphatic heterocycles. The fraction of sp³-hybridized carbons (Fsp3) is 0.192. The Morgan fingerprint density at radius 3 is 2.36 bits per heavy atom. The molecule has 0 bridgehead atoms. The van der Waals surface area contributed by atoms with Crippen LogP contribution in [-0.2, 0) is 17.4 Å². The van der Waals surface area contributed by atoms with E-state index in [1.165, 1.54) is 18.5 Å². The van der Waals surface area contributed by atoms with Gasteiger partial charge in [-0.3, -0.25) is 4.79 Å². The molecular weight excluding hydrogens is 539 g/mol. The highest BCUT2D eigenvalue weighted by Crippen LogP contribution is 2.35. The van der Waals surface area contributed by atoms with Crippen LogP contribution in [0.2, 0.25) is 0 Å². The molecular formula is C26H21BrF3N3O3. The molecule has 1 heterocycles. The molecule has 0 unspecified atom stereocenters. The third kappa shape index (κ3) is 5.93. The fourth-order valence-corrected chi connectivity index (χ4v) is 3.79. The molecule has 4 aromatic rings. The minimum Gasteiger partial charge on any atom is -0.493 e. The number of nitrogens with one attached hydrogen (secondary N) is 1. The molecule has 6 nitrogen and oxygen atoms in total. The molecule has 0 atom stereocenters. The van der Waals surface area contributed by atoms with Crippen LogP contribution in [0.1, 0.15) is 11.1 Å². The Balaban J connectivity index is 1.50. The van der Waals surface area contributed by atoms with Crippen molar-refractivity contribution in [3.8, 4) is 22.8 Å². The highest BCUT2D eigenvalue weighted by molar-refractivity contribution is 9.09. The van der Waals surface area contributed by atoms with E-state index in [1.54, 1.807) is 25.3 Å². The first-order valence-corrected chi connectivity index (χ1v) is 12.0. The maximum absolute atomic E-state index is 12.7. The van der Waals surface area contributed by atoms with Crippen LogP contribution < -0.4 is 14.8 Å². The summed E-state index contributed by atoms with van der Waals surface area (Å²) in [6.07, 6.45) is -2.99. The molecule has 186 valence electrons. The third-order valence-corrected chi connectivity index (χ3v) is 5.67. The molecule has 0 saturated carbocycles. The summed E-state index contributed by atoms with van der Waals surface area (Å²) < 4.78 is 49.3. The zero-order chi connectivity index (χ0) is 25.7. The number of amides is 1. The van der Waals surface area contributed by atoms with Gasteiger partial charge in [-0.1, -0.05) is 40.2 Å². The van der Waals surface area contributed by atoms with Crippen molar-refractivity contribution in [3.63, 3.8) is 0 Å². The molecule has 0 aliphatic rings. The molecule has 1 aromatic heterocycles. The number of fused-ring (bicyclic) bond motifs is 1. The summed E-state index contributed by atoms with van der Waals surface area (Å²) in [7, 11) is 1.56. The van der Waals surface area contributed by atoms with E-state index in [-0.39, 0.29) is 12.3 Å². The number of nitrogens with zero attached hydrogens (tertiary/aromatic N) is 2. The Bertz CT molecular complexity index is 1360. The zero-order valence-corrected chi connectivity index (χ0v) is 20.7. The molecule has 0 spiro atoms. The van der Waals surface area contributed by atoms with Crippen LogP contribution in [0, 0.1) is 0 Å². The number of halogens is 4. The number of aromatic nitrogens is 2. The number of rotatable bonds is 8. The molecule has 3 aromatic carbocycles. The fourth-order valence-electron chi connectivity index (χ4n) is 3.63. The maximum atomic E-state index is 12.7. The summed E-state index contributed by atoms with van der Waals surface area (Å²) in [5.41, 5.74) is 2.47. The quantitative estimate of drug-likeness (QED) is 0.257. The molecule has 1 amide bonds. The Hall–Kier alpha value is -3.66. The van der Waals surface area contributed by atoms with Crippen LogP contribution in [0.25, 0.3) is 22.2 Å². The van der Waals surface area contributed by atoms with E-state index in [0.717, 1.165) is 23.1 Å². The van der Waals surface area contributed by atoms with Gasteiger partial charge in [-0.2, -0.15) is 13.2 Å². The Kier molecular flexibility index (Phi) is 7.73. The second kappa shape index (κ2) is 10.9. The number of alkyl halides is 4. The minimum absolute atomic E-state index is 0.0459. The SMILES string of the molecule is COc1cc2c(-c3ccc(NC(=O)Cc4ccc(C(F)(F)F)cc4)cc3)ncnc2cc1OCCBr. The standard InChI is InChI=1S/C26H21BrF3N3O3/c1-35-22-13-20-21(14-23(22)36-11-10-27)31-15-32-25(20)17-4-8-19(9-5-17)33-24(34)12-16-2-6-18(7-3-16)26(28,29)30/h2-9,13-15H,10-12H2,1H3,(H,33,34). The monoisotopic (exact) mass is 559 g/mol. The lowest BCUT2D eigenvalue weighted by molar-refractivity contribution is -0.137. The predicted molar refractivity (Wildman–Crippen MR) is 135 cm³/mol. The van der Waals surface area contributed by atoms with Crippen molar-refractivity contribution in [2.75, 3.05) is 24.4 Å². The van der Waals surface area contributed by atoms with Crippen molar-refractivity contribution in [2.45, 2.75) is 12.6 Å². The average Bonchev–Trinajstić information content (AvgIpc) is 2.86. The zero-order valence-electron chi connectivity index (χ0n) is 19.1. The van der Waals surface area contributed by atoms with Gasteiger partial charge in [0, 0.05) is 28.0 Å². The van der Waals surface area contributed by atoms with Gasteiger partial charge >= 0.3 is 6.18 Å². The van der Waals surface area contributed by atoms with E-state index in [1.807, 2.05) is 18.2 Å². The highest BCUT2D eigenvalue weighted by Gasteiger charge is 2.30. The minimum atomic E-state index is -4.41. The molecule has 4 rings (SSSR count). The van der Waals surface area contributed by atoms with Gasteiger partial charge < -0.3 is 14.8 Å². The van der Waals surface area contributed by atoms with Gasteiger partial charge in [-0.05, 0) is 35.9 Å². The van der Waals surface area contributed by atoms with Crippen LogP contribution in [0.4, 0.5) is 18.9 Å². The number of benzene rings is 3. The Morgan fingerprint density at radius 1 is 1.00 bits per heavy atom. The summed E-state index contributed by atoms with van der Waals surface area (Å²) in [5.74, 6) is 0.808. The number of hydrogen-bond donors (Lipinski definition) is 1. The molecule has 1 N–H and O–H groups in total. The topological polar surface area (TPSA) is 73.3 Å². The van der Waals surface area contributed by atoms with Crippen molar-refractivity contribution in [2.24, 2.45) is 0 Å². The van der Waals surface area contributed by atoms with Crippen LogP contribution in [0.3, 0.4) is 0 Å². The highest BCUT2D eigenvalue weighted by atomic mass is 79.9. The first-order chi connectivity index (χ1) is 17.3. The van der Waals surface area contributed by atoms with Crippen LogP contribution in [0.15, 0.2) is 67.0 Å². The van der Waals surface area contributed by atoms with Crippen LogP contribution in [-0.4, -0.2) is 34.9 Å².